The molecule has 4 aromatic rings. The number of rotatable bonds is 8. The quantitative estimate of drug-likeness (QED) is 0.204. The smallest absolute Gasteiger partial charge is 0.263 e. The molecule has 3 heterocycles. The van der Waals surface area contributed by atoms with Gasteiger partial charge in [-0.2, -0.15) is 4.57 Å². The summed E-state index contributed by atoms with van der Waals surface area (Å²) in [5.74, 6) is 0. The maximum absolute atomic E-state index is 6.41. The zero-order valence-electron chi connectivity index (χ0n) is 20.5. The molecule has 5 rings (SSSR count). The van der Waals surface area contributed by atoms with Crippen LogP contribution in [0.2, 0.25) is 10.0 Å². The van der Waals surface area contributed by atoms with Crippen molar-refractivity contribution in [3.63, 3.8) is 0 Å². The number of pyridine rings is 1. The van der Waals surface area contributed by atoms with E-state index in [9.17, 15) is 0 Å². The monoisotopic (exact) mass is 553 g/mol. The zero-order valence-corrected chi connectivity index (χ0v) is 23.6. The average Bonchev–Trinajstić information content (AvgIpc) is 3.40. The van der Waals surface area contributed by atoms with Crippen molar-refractivity contribution in [2.24, 2.45) is 0 Å². The molecule has 3 nitrogen and oxygen atoms in total. The molecule has 1 aliphatic rings. The largest absolute Gasteiger partial charge is 0.335 e. The molecule has 2 aromatic heterocycles. The van der Waals surface area contributed by atoms with E-state index in [0.717, 1.165) is 42.5 Å². The van der Waals surface area contributed by atoms with Crippen LogP contribution in [-0.2, 0) is 13.1 Å². The van der Waals surface area contributed by atoms with Gasteiger partial charge in [0.25, 0.3) is 5.01 Å². The van der Waals surface area contributed by atoms with Crippen LogP contribution in [0.1, 0.15) is 31.7 Å². The standard InChI is InChI=1S/C29H29Cl2N3S2/c1-3-21(17-28-33(4-2)24-19-22(30)9-11-26(24)35-28)18-29-34(16-8-15-32-13-6-5-7-14-32)25-20-23(31)10-12-27(25)36-29/h5-7,9-14,17-20H,3-4,8,15-16H2,1-2H3/q+2. The van der Waals surface area contributed by atoms with Crippen molar-refractivity contribution in [3.05, 3.63) is 98.7 Å². The summed E-state index contributed by atoms with van der Waals surface area (Å²) in [6.07, 6.45) is 10.9. The van der Waals surface area contributed by atoms with Crippen molar-refractivity contribution in [1.82, 2.24) is 0 Å². The van der Waals surface area contributed by atoms with Gasteiger partial charge in [-0.1, -0.05) is 59.3 Å². The van der Waals surface area contributed by atoms with Crippen LogP contribution in [0.15, 0.2) is 88.6 Å². The van der Waals surface area contributed by atoms with Crippen LogP contribution in [0.5, 0.6) is 0 Å². The van der Waals surface area contributed by atoms with Crippen molar-refractivity contribution in [2.75, 3.05) is 11.4 Å². The number of thioether (sulfide) groups is 1. The molecule has 0 fully saturated rings. The third kappa shape index (κ3) is 5.50. The minimum absolute atomic E-state index is 0.775. The first-order valence-corrected chi connectivity index (χ1v) is 14.7. The molecule has 0 aliphatic carbocycles. The molecule has 7 heteroatoms. The average molecular weight is 555 g/mol. The van der Waals surface area contributed by atoms with Gasteiger partial charge in [0.05, 0.1) is 17.1 Å². The highest BCUT2D eigenvalue weighted by Gasteiger charge is 2.25. The lowest BCUT2D eigenvalue weighted by Gasteiger charge is -2.18. The molecule has 0 unspecified atom stereocenters. The van der Waals surface area contributed by atoms with Crippen LogP contribution in [0.3, 0.4) is 0 Å². The van der Waals surface area contributed by atoms with Crippen LogP contribution in [0.25, 0.3) is 16.3 Å². The van der Waals surface area contributed by atoms with Crippen molar-refractivity contribution in [3.8, 4) is 0 Å². The lowest BCUT2D eigenvalue weighted by molar-refractivity contribution is -0.716. The third-order valence-corrected chi connectivity index (χ3v) is 9.00. The van der Waals surface area contributed by atoms with Gasteiger partial charge in [-0.3, -0.25) is 0 Å². The number of halogens is 2. The summed E-state index contributed by atoms with van der Waals surface area (Å²) in [4.78, 5) is 3.61. The Morgan fingerprint density at radius 2 is 1.75 bits per heavy atom. The predicted molar refractivity (Wildman–Crippen MR) is 155 cm³/mol. The highest BCUT2D eigenvalue weighted by molar-refractivity contribution is 8.03. The molecule has 36 heavy (non-hydrogen) atoms. The molecule has 0 saturated carbocycles. The molecular weight excluding hydrogens is 525 g/mol. The molecular formula is C29H29Cl2N3S2+2. The molecule has 0 atom stereocenters. The first kappa shape index (κ1) is 25.3. The van der Waals surface area contributed by atoms with E-state index in [4.69, 9.17) is 23.2 Å². The van der Waals surface area contributed by atoms with Gasteiger partial charge in [-0.25, -0.2) is 4.57 Å². The number of nitrogens with zero attached hydrogens (tertiary/aromatic N) is 3. The Balaban J connectivity index is 1.47. The summed E-state index contributed by atoms with van der Waals surface area (Å²) in [5, 5.41) is 4.06. The number of benzene rings is 2. The fourth-order valence-electron chi connectivity index (χ4n) is 4.48. The summed E-state index contributed by atoms with van der Waals surface area (Å²) in [5.41, 5.74) is 3.70. The maximum Gasteiger partial charge on any atom is 0.263 e. The Morgan fingerprint density at radius 3 is 2.53 bits per heavy atom. The Bertz CT molecular complexity index is 1440. The Kier molecular flexibility index (Phi) is 8.02. The molecule has 0 radical (unpaired) electrons. The highest BCUT2D eigenvalue weighted by atomic mass is 35.5. The number of fused-ring (bicyclic) bond motifs is 2. The SMILES string of the molecule is CCC(=Cc1sc2ccc(Cl)cc2[n+]1CCC[n+]1ccccc1)C=C1Sc2ccc(Cl)cc2N1CC. The van der Waals surface area contributed by atoms with E-state index in [1.54, 1.807) is 0 Å². The molecule has 0 saturated heterocycles. The second-order valence-corrected chi connectivity index (χ2v) is 11.7. The Hall–Kier alpha value is -2.31. The van der Waals surface area contributed by atoms with Crippen LogP contribution < -0.4 is 14.0 Å². The van der Waals surface area contributed by atoms with Crippen molar-refractivity contribution < 1.29 is 9.13 Å². The highest BCUT2D eigenvalue weighted by Crippen LogP contribution is 2.47. The summed E-state index contributed by atoms with van der Waals surface area (Å²) >= 11 is 16.4. The number of aromatic nitrogens is 2. The fraction of sp³-hybridized carbons (Fsp3) is 0.241. The van der Waals surface area contributed by atoms with E-state index < -0.39 is 0 Å². The summed E-state index contributed by atoms with van der Waals surface area (Å²) in [6.45, 7) is 7.23. The molecule has 1 aliphatic heterocycles. The number of anilines is 1. The lowest BCUT2D eigenvalue weighted by atomic mass is 10.2. The summed E-state index contributed by atoms with van der Waals surface area (Å²) in [6, 6.07) is 18.6. The van der Waals surface area contributed by atoms with Crippen LogP contribution in [0, 0.1) is 0 Å². The fourth-order valence-corrected chi connectivity index (χ4v) is 7.14. The molecule has 0 bridgehead atoms. The number of hydrogen-bond acceptors (Lipinski definition) is 3. The molecule has 0 N–H and O–H groups in total. The number of thiazole rings is 1. The van der Waals surface area contributed by atoms with Gasteiger partial charge < -0.3 is 4.90 Å². The van der Waals surface area contributed by atoms with E-state index in [2.05, 4.69) is 94.9 Å². The number of aryl methyl sites for hydroxylation is 2. The van der Waals surface area contributed by atoms with Crippen molar-refractivity contribution in [1.29, 1.82) is 0 Å². The van der Waals surface area contributed by atoms with Crippen LogP contribution >= 0.6 is 46.3 Å². The first-order chi connectivity index (χ1) is 17.6. The van der Waals surface area contributed by atoms with Gasteiger partial charge in [0.1, 0.15) is 4.70 Å². The van der Waals surface area contributed by atoms with Crippen LogP contribution in [0.4, 0.5) is 5.69 Å². The summed E-state index contributed by atoms with van der Waals surface area (Å²) in [7, 11) is 0. The van der Waals surface area contributed by atoms with E-state index in [-0.39, 0.29) is 0 Å². The van der Waals surface area contributed by atoms with E-state index in [1.807, 2.05) is 35.2 Å². The van der Waals surface area contributed by atoms with Crippen LogP contribution in [-0.4, -0.2) is 6.54 Å². The topological polar surface area (TPSA) is 11.0 Å². The molecule has 2 aromatic carbocycles. The van der Waals surface area contributed by atoms with E-state index >= 15 is 0 Å². The summed E-state index contributed by atoms with van der Waals surface area (Å²) < 4.78 is 5.92. The Labute approximate surface area is 231 Å². The van der Waals surface area contributed by atoms with Gasteiger partial charge in [-0.15, -0.1) is 0 Å². The first-order valence-electron chi connectivity index (χ1n) is 12.3. The Morgan fingerprint density at radius 1 is 0.972 bits per heavy atom. The number of allylic oxidation sites excluding steroid dienone is 2. The van der Waals surface area contributed by atoms with Gasteiger partial charge in [0.2, 0.25) is 5.52 Å². The second-order valence-electron chi connectivity index (χ2n) is 8.68. The molecule has 184 valence electrons. The van der Waals surface area contributed by atoms with E-state index in [0.29, 0.717) is 0 Å². The lowest BCUT2D eigenvalue weighted by Crippen LogP contribution is -2.39. The molecule has 0 amide bonds. The molecule has 0 spiro atoms. The van der Waals surface area contributed by atoms with Gasteiger partial charge in [-0.05, 0) is 55.3 Å². The second kappa shape index (κ2) is 11.4. The van der Waals surface area contributed by atoms with Crippen molar-refractivity contribution >= 4 is 68.3 Å². The predicted octanol–water partition coefficient (Wildman–Crippen LogP) is 8.14. The van der Waals surface area contributed by atoms with E-state index in [1.165, 1.54) is 36.4 Å². The van der Waals surface area contributed by atoms with Gasteiger partial charge in [0, 0.05) is 45.8 Å². The minimum atomic E-state index is 0.775. The maximum atomic E-state index is 6.41. The van der Waals surface area contributed by atoms with Crippen molar-refractivity contribution in [2.45, 2.75) is 44.7 Å². The zero-order chi connectivity index (χ0) is 25.1. The normalized spacial score (nSPS) is 14.7. The third-order valence-electron chi connectivity index (χ3n) is 6.30. The minimum Gasteiger partial charge on any atom is -0.335 e. The van der Waals surface area contributed by atoms with Gasteiger partial charge >= 0.3 is 0 Å². The van der Waals surface area contributed by atoms with Gasteiger partial charge in [0.15, 0.2) is 25.5 Å². The number of hydrogen-bond donors (Lipinski definition) is 0.